The van der Waals surface area contributed by atoms with Gasteiger partial charge in [0.1, 0.15) is 15.8 Å². The molecule has 0 bridgehead atoms. The summed E-state index contributed by atoms with van der Waals surface area (Å²) in [4.78, 5) is 4.36. The first-order chi connectivity index (χ1) is 9.00. The van der Waals surface area contributed by atoms with Crippen molar-refractivity contribution in [3.05, 3.63) is 51.6 Å². The molecular weight excluding hydrogens is 303 g/mol. The van der Waals surface area contributed by atoms with Crippen LogP contribution in [0.1, 0.15) is 11.1 Å². The predicted molar refractivity (Wildman–Crippen MR) is 81.4 cm³/mol. The molecule has 2 rings (SSSR count). The predicted octanol–water partition coefficient (Wildman–Crippen LogP) is 4.12. The van der Waals surface area contributed by atoms with Crippen molar-refractivity contribution in [3.8, 4) is 11.6 Å². The third-order valence-corrected chi connectivity index (χ3v) is 3.50. The maximum atomic E-state index is 6.07. The molecule has 0 aliphatic heterocycles. The first kappa shape index (κ1) is 14.1. The van der Waals surface area contributed by atoms with Gasteiger partial charge in [0.25, 0.3) is 0 Å². The second-order valence-electron chi connectivity index (χ2n) is 3.83. The molecule has 3 nitrogen and oxygen atoms in total. The molecule has 2 N–H and O–H groups in total. The summed E-state index contributed by atoms with van der Waals surface area (Å²) in [6.07, 6.45) is 1.62. The van der Waals surface area contributed by atoms with Crippen molar-refractivity contribution in [2.75, 3.05) is 0 Å². The van der Waals surface area contributed by atoms with Gasteiger partial charge in [-0.05, 0) is 30.7 Å². The van der Waals surface area contributed by atoms with E-state index in [-0.39, 0.29) is 4.99 Å². The van der Waals surface area contributed by atoms with E-state index in [9.17, 15) is 0 Å². The molecule has 0 spiro atoms. The molecule has 1 aromatic heterocycles. The first-order valence-corrected chi connectivity index (χ1v) is 6.54. The minimum absolute atomic E-state index is 0.221. The number of aryl methyl sites for hydroxylation is 1. The monoisotopic (exact) mass is 312 g/mol. The van der Waals surface area contributed by atoms with Crippen LogP contribution in [0, 0.1) is 6.92 Å². The third kappa shape index (κ3) is 2.97. The van der Waals surface area contributed by atoms with Crippen molar-refractivity contribution >= 4 is 40.4 Å². The summed E-state index contributed by atoms with van der Waals surface area (Å²) in [6.45, 7) is 1.88. The molecular formula is C13H10Cl2N2OS. The van der Waals surface area contributed by atoms with Crippen molar-refractivity contribution in [1.82, 2.24) is 4.98 Å². The second-order valence-corrected chi connectivity index (χ2v) is 5.05. The normalized spacial score (nSPS) is 10.3. The minimum atomic E-state index is 0.221. The van der Waals surface area contributed by atoms with E-state index in [4.69, 9.17) is 45.9 Å². The molecule has 6 heteroatoms. The van der Waals surface area contributed by atoms with Crippen molar-refractivity contribution < 1.29 is 4.74 Å². The highest BCUT2D eigenvalue weighted by Crippen LogP contribution is 2.35. The zero-order chi connectivity index (χ0) is 14.0. The van der Waals surface area contributed by atoms with Crippen LogP contribution in [0.2, 0.25) is 10.0 Å². The smallest absolute Gasteiger partial charge is 0.229 e. The summed E-state index contributed by atoms with van der Waals surface area (Å²) in [5.41, 5.74) is 7.17. The zero-order valence-corrected chi connectivity index (χ0v) is 12.3. The lowest BCUT2D eigenvalue weighted by atomic mass is 10.1. The van der Waals surface area contributed by atoms with E-state index in [0.29, 0.717) is 27.2 Å². The van der Waals surface area contributed by atoms with Gasteiger partial charge in [-0.25, -0.2) is 4.98 Å². The lowest BCUT2D eigenvalue weighted by Crippen LogP contribution is -2.13. The maximum absolute atomic E-state index is 6.07. The molecule has 98 valence electrons. The molecule has 1 heterocycles. The molecule has 0 aliphatic carbocycles. The lowest BCUT2D eigenvalue weighted by molar-refractivity contribution is 0.462. The number of ether oxygens (including phenoxy) is 1. The van der Waals surface area contributed by atoms with Gasteiger partial charge in [-0.1, -0.05) is 41.5 Å². The summed E-state index contributed by atoms with van der Waals surface area (Å²) in [5.74, 6) is 0.724. The Balaban J connectivity index is 2.47. The minimum Gasteiger partial charge on any atom is -0.437 e. The molecule has 1 aromatic carbocycles. The number of hydrogen-bond acceptors (Lipinski definition) is 3. The van der Waals surface area contributed by atoms with Crippen LogP contribution in [0.4, 0.5) is 0 Å². The van der Waals surface area contributed by atoms with Gasteiger partial charge >= 0.3 is 0 Å². The Bertz CT molecular complexity index is 647. The van der Waals surface area contributed by atoms with Gasteiger partial charge in [0.2, 0.25) is 5.88 Å². The molecule has 19 heavy (non-hydrogen) atoms. The first-order valence-electron chi connectivity index (χ1n) is 5.38. The number of nitrogens with two attached hydrogens (primary N) is 1. The SMILES string of the molecule is Cc1ccnc(Oc2cccc(Cl)c2Cl)c1C(N)=S. The van der Waals surface area contributed by atoms with Crippen molar-refractivity contribution in [1.29, 1.82) is 0 Å². The Kier molecular flexibility index (Phi) is 4.24. The quantitative estimate of drug-likeness (QED) is 0.866. The average molecular weight is 313 g/mol. The molecule has 0 atom stereocenters. The topological polar surface area (TPSA) is 48.1 Å². The van der Waals surface area contributed by atoms with E-state index < -0.39 is 0 Å². The van der Waals surface area contributed by atoms with Gasteiger partial charge in [0.15, 0.2) is 0 Å². The summed E-state index contributed by atoms with van der Waals surface area (Å²) < 4.78 is 5.67. The Morgan fingerprint density at radius 1 is 1.32 bits per heavy atom. The van der Waals surface area contributed by atoms with Crippen LogP contribution in [-0.2, 0) is 0 Å². The second kappa shape index (κ2) is 5.74. The maximum Gasteiger partial charge on any atom is 0.229 e. The molecule has 0 amide bonds. The third-order valence-electron chi connectivity index (χ3n) is 2.49. The van der Waals surface area contributed by atoms with Crippen LogP contribution in [0.5, 0.6) is 11.6 Å². The summed E-state index contributed by atoms with van der Waals surface area (Å²) >= 11 is 17.0. The number of pyridine rings is 1. The Morgan fingerprint density at radius 2 is 2.05 bits per heavy atom. The Morgan fingerprint density at radius 3 is 2.74 bits per heavy atom. The van der Waals surface area contributed by atoms with Gasteiger partial charge in [0, 0.05) is 6.20 Å². The van der Waals surface area contributed by atoms with E-state index >= 15 is 0 Å². The summed E-state index contributed by atoms with van der Waals surface area (Å²) in [6, 6.07) is 6.91. The molecule has 0 unspecified atom stereocenters. The van der Waals surface area contributed by atoms with Crippen molar-refractivity contribution in [3.63, 3.8) is 0 Å². The fourth-order valence-corrected chi connectivity index (χ4v) is 2.16. The fourth-order valence-electron chi connectivity index (χ4n) is 1.58. The van der Waals surface area contributed by atoms with Crippen molar-refractivity contribution in [2.24, 2.45) is 5.73 Å². The number of aromatic nitrogens is 1. The van der Waals surface area contributed by atoms with Crippen LogP contribution in [0.25, 0.3) is 0 Å². The van der Waals surface area contributed by atoms with Gasteiger partial charge in [-0.2, -0.15) is 0 Å². The highest BCUT2D eigenvalue weighted by molar-refractivity contribution is 7.80. The fraction of sp³-hybridized carbons (Fsp3) is 0.0769. The van der Waals surface area contributed by atoms with E-state index in [2.05, 4.69) is 4.98 Å². The highest BCUT2D eigenvalue weighted by Gasteiger charge is 2.14. The van der Waals surface area contributed by atoms with E-state index in [1.165, 1.54) is 0 Å². The largest absolute Gasteiger partial charge is 0.437 e. The number of thiocarbonyl (C=S) groups is 1. The van der Waals surface area contributed by atoms with E-state index in [1.807, 2.05) is 6.92 Å². The van der Waals surface area contributed by atoms with E-state index in [0.717, 1.165) is 5.56 Å². The molecule has 2 aromatic rings. The van der Waals surface area contributed by atoms with Gasteiger partial charge < -0.3 is 10.5 Å². The Hall–Kier alpha value is -1.36. The molecule has 0 fully saturated rings. The molecule has 0 saturated heterocycles. The summed E-state index contributed by atoms with van der Waals surface area (Å²) in [7, 11) is 0. The molecule has 0 saturated carbocycles. The lowest BCUT2D eigenvalue weighted by Gasteiger charge is -2.12. The van der Waals surface area contributed by atoms with Gasteiger partial charge in [-0.15, -0.1) is 0 Å². The Labute approximate surface area is 126 Å². The van der Waals surface area contributed by atoms with Crippen molar-refractivity contribution in [2.45, 2.75) is 6.92 Å². The van der Waals surface area contributed by atoms with E-state index in [1.54, 1.807) is 30.5 Å². The zero-order valence-electron chi connectivity index (χ0n) is 9.98. The van der Waals surface area contributed by atoms with Crippen LogP contribution in [0.15, 0.2) is 30.5 Å². The van der Waals surface area contributed by atoms with Crippen LogP contribution in [0.3, 0.4) is 0 Å². The van der Waals surface area contributed by atoms with Gasteiger partial charge in [0.05, 0.1) is 10.6 Å². The van der Waals surface area contributed by atoms with Gasteiger partial charge in [-0.3, -0.25) is 0 Å². The standard InChI is InChI=1S/C13H10Cl2N2OS/c1-7-5-6-17-13(10(7)12(16)19)18-9-4-2-3-8(14)11(9)15/h2-6H,1H3,(H2,16,19). The van der Waals surface area contributed by atoms with Crippen LogP contribution >= 0.6 is 35.4 Å². The number of rotatable bonds is 3. The number of hydrogen-bond donors (Lipinski definition) is 1. The summed E-state index contributed by atoms with van der Waals surface area (Å²) in [5, 5.41) is 0.727. The average Bonchev–Trinajstić information content (AvgIpc) is 2.34. The van der Waals surface area contributed by atoms with Crippen LogP contribution < -0.4 is 10.5 Å². The number of halogens is 2. The number of nitrogens with zero attached hydrogens (tertiary/aromatic N) is 1. The number of benzene rings is 1. The highest BCUT2D eigenvalue weighted by atomic mass is 35.5. The molecule has 0 radical (unpaired) electrons. The molecule has 0 aliphatic rings. The van der Waals surface area contributed by atoms with Crippen LogP contribution in [-0.4, -0.2) is 9.97 Å².